The summed E-state index contributed by atoms with van der Waals surface area (Å²) in [5.74, 6) is -0.230. The molecule has 4 aliphatic carbocycles. The molecule has 0 radical (unpaired) electrons. The highest BCUT2D eigenvalue weighted by Crippen LogP contribution is 2.65. The van der Waals surface area contributed by atoms with Gasteiger partial charge in [-0.25, -0.2) is 4.90 Å². The molecule has 3 amide bonds. The molecule has 1 aliphatic heterocycles. The Morgan fingerprint density at radius 1 is 1.00 bits per heavy atom. The Kier molecular flexibility index (Phi) is 2.88. The minimum absolute atomic E-state index is 0.0453. The lowest BCUT2D eigenvalue weighted by Crippen LogP contribution is -2.40. The molecule has 6 rings (SSSR count). The van der Waals surface area contributed by atoms with E-state index in [9.17, 15) is 14.4 Å². The van der Waals surface area contributed by atoms with Crippen molar-refractivity contribution in [2.75, 3.05) is 0 Å². The Balaban J connectivity index is 1.41. The number of hydrogen-bond donors (Lipinski definition) is 0. The summed E-state index contributed by atoms with van der Waals surface area (Å²) in [5.41, 5.74) is 0.754. The highest BCUT2D eigenvalue weighted by atomic mass is 35.5. The van der Waals surface area contributed by atoms with E-state index in [0.29, 0.717) is 16.9 Å². The number of imide groups is 3. The zero-order chi connectivity index (χ0) is 16.6. The largest absolute Gasteiger partial charge is 0.274 e. The summed E-state index contributed by atoms with van der Waals surface area (Å²) in [5, 5.41) is 0.590. The minimum Gasteiger partial charge on any atom is -0.274 e. The number of carbonyl (C=O) groups is 3. The Morgan fingerprint density at radius 3 is 2.08 bits per heavy atom. The fourth-order valence-electron chi connectivity index (χ4n) is 5.06. The van der Waals surface area contributed by atoms with Crippen LogP contribution in [0.15, 0.2) is 36.4 Å². The van der Waals surface area contributed by atoms with Gasteiger partial charge in [0.1, 0.15) is 0 Å². The van der Waals surface area contributed by atoms with Gasteiger partial charge in [-0.3, -0.25) is 14.4 Å². The Labute approximate surface area is 144 Å². The molecule has 3 fully saturated rings. The summed E-state index contributed by atoms with van der Waals surface area (Å²) < 4.78 is 0. The van der Waals surface area contributed by atoms with Crippen molar-refractivity contribution in [3.8, 4) is 0 Å². The second-order valence-corrected chi connectivity index (χ2v) is 7.80. The molecule has 1 aromatic carbocycles. The van der Waals surface area contributed by atoms with Crippen LogP contribution in [-0.4, -0.2) is 22.6 Å². The SMILES string of the molecule is O=C(Cc1ccc(Cl)cc1)N1C(=O)[C@@H]2[C@H]3C=C[C@@H]([C@@H]4C[C@@H]34)[C@H]2C1=O. The molecule has 5 heteroatoms. The summed E-state index contributed by atoms with van der Waals surface area (Å²) in [7, 11) is 0. The first-order chi connectivity index (χ1) is 11.6. The molecule has 1 heterocycles. The average molecular weight is 342 g/mol. The number of carbonyl (C=O) groups excluding carboxylic acids is 3. The zero-order valence-corrected chi connectivity index (χ0v) is 13.6. The van der Waals surface area contributed by atoms with Crippen LogP contribution in [0.4, 0.5) is 0 Å². The van der Waals surface area contributed by atoms with Crippen molar-refractivity contribution in [1.29, 1.82) is 0 Å². The van der Waals surface area contributed by atoms with Crippen LogP contribution in [0.25, 0.3) is 0 Å². The molecule has 2 bridgehead atoms. The van der Waals surface area contributed by atoms with Crippen LogP contribution in [-0.2, 0) is 20.8 Å². The molecule has 24 heavy (non-hydrogen) atoms. The van der Waals surface area contributed by atoms with E-state index in [1.54, 1.807) is 24.3 Å². The van der Waals surface area contributed by atoms with Gasteiger partial charge in [0.25, 0.3) is 0 Å². The highest BCUT2D eigenvalue weighted by Gasteiger charge is 2.67. The molecular formula is C19H16ClNO3. The first-order valence-electron chi connectivity index (χ1n) is 8.39. The van der Waals surface area contributed by atoms with E-state index in [1.165, 1.54) is 0 Å². The predicted octanol–water partition coefficient (Wildman–Crippen LogP) is 2.46. The molecule has 4 nitrogen and oxygen atoms in total. The molecule has 0 N–H and O–H groups in total. The maximum Gasteiger partial charge on any atom is 0.240 e. The van der Waals surface area contributed by atoms with Gasteiger partial charge in [0.05, 0.1) is 18.3 Å². The minimum atomic E-state index is -0.421. The molecule has 0 unspecified atom stereocenters. The second-order valence-electron chi connectivity index (χ2n) is 7.36. The summed E-state index contributed by atoms with van der Waals surface area (Å²) in [4.78, 5) is 39.2. The van der Waals surface area contributed by atoms with Crippen molar-refractivity contribution in [2.24, 2.45) is 35.5 Å². The summed E-state index contributed by atoms with van der Waals surface area (Å²) >= 11 is 5.85. The van der Waals surface area contributed by atoms with Crippen LogP contribution in [0.5, 0.6) is 0 Å². The van der Waals surface area contributed by atoms with E-state index in [-0.39, 0.29) is 41.9 Å². The second kappa shape index (κ2) is 4.79. The van der Waals surface area contributed by atoms with E-state index < -0.39 is 5.91 Å². The van der Waals surface area contributed by atoms with Crippen molar-refractivity contribution >= 4 is 29.3 Å². The van der Waals surface area contributed by atoms with Crippen LogP contribution >= 0.6 is 11.6 Å². The van der Waals surface area contributed by atoms with Gasteiger partial charge >= 0.3 is 0 Å². The van der Waals surface area contributed by atoms with E-state index in [2.05, 4.69) is 12.2 Å². The normalized spacial score (nSPS) is 38.3. The molecule has 0 aromatic heterocycles. The van der Waals surface area contributed by atoms with Crippen LogP contribution in [0.1, 0.15) is 12.0 Å². The third-order valence-electron chi connectivity index (χ3n) is 6.18. The highest BCUT2D eigenvalue weighted by molar-refractivity contribution is 6.30. The molecule has 2 saturated carbocycles. The van der Waals surface area contributed by atoms with Gasteiger partial charge in [0, 0.05) is 5.02 Å². The molecule has 122 valence electrons. The lowest BCUT2D eigenvalue weighted by atomic mass is 9.63. The topological polar surface area (TPSA) is 54.5 Å². The fourth-order valence-corrected chi connectivity index (χ4v) is 5.18. The van der Waals surface area contributed by atoms with Gasteiger partial charge in [-0.05, 0) is 47.8 Å². The molecule has 6 atom stereocenters. The molecule has 5 aliphatic rings. The average Bonchev–Trinajstić information content (AvgIpc) is 3.34. The maximum atomic E-state index is 12.8. The predicted molar refractivity (Wildman–Crippen MR) is 86.7 cm³/mol. The fraction of sp³-hybridized carbons (Fsp3) is 0.421. The van der Waals surface area contributed by atoms with Gasteiger partial charge < -0.3 is 0 Å². The van der Waals surface area contributed by atoms with Crippen molar-refractivity contribution in [3.63, 3.8) is 0 Å². The van der Waals surface area contributed by atoms with Crippen LogP contribution in [0, 0.1) is 35.5 Å². The van der Waals surface area contributed by atoms with E-state index in [0.717, 1.165) is 16.9 Å². The molecule has 0 spiro atoms. The van der Waals surface area contributed by atoms with Crippen molar-refractivity contribution < 1.29 is 14.4 Å². The summed E-state index contributed by atoms with van der Waals surface area (Å²) in [6, 6.07) is 6.90. The van der Waals surface area contributed by atoms with Crippen molar-refractivity contribution in [1.82, 2.24) is 4.90 Å². The number of allylic oxidation sites excluding steroid dienone is 2. The van der Waals surface area contributed by atoms with Gasteiger partial charge in [-0.1, -0.05) is 35.9 Å². The Bertz CT molecular complexity index is 763. The number of likely N-dealkylation sites (tertiary alicyclic amines) is 1. The van der Waals surface area contributed by atoms with Crippen LogP contribution < -0.4 is 0 Å². The van der Waals surface area contributed by atoms with Crippen molar-refractivity contribution in [3.05, 3.63) is 47.0 Å². The molecule has 1 aromatic rings. The lowest BCUT2D eigenvalue weighted by Gasteiger charge is -2.37. The van der Waals surface area contributed by atoms with E-state index >= 15 is 0 Å². The lowest BCUT2D eigenvalue weighted by molar-refractivity contribution is -0.150. The Morgan fingerprint density at radius 2 is 1.54 bits per heavy atom. The number of hydrogen-bond acceptors (Lipinski definition) is 3. The number of nitrogens with zero attached hydrogens (tertiary/aromatic N) is 1. The third kappa shape index (κ3) is 1.83. The molecule has 1 saturated heterocycles. The third-order valence-corrected chi connectivity index (χ3v) is 6.43. The smallest absolute Gasteiger partial charge is 0.240 e. The maximum absolute atomic E-state index is 12.8. The number of halogens is 1. The first-order valence-corrected chi connectivity index (χ1v) is 8.77. The van der Waals surface area contributed by atoms with E-state index in [1.807, 2.05) is 0 Å². The number of amides is 3. The number of rotatable bonds is 2. The van der Waals surface area contributed by atoms with Gasteiger partial charge in [-0.2, -0.15) is 0 Å². The number of benzene rings is 1. The summed E-state index contributed by atoms with van der Waals surface area (Å²) in [6.45, 7) is 0. The monoisotopic (exact) mass is 341 g/mol. The van der Waals surface area contributed by atoms with Gasteiger partial charge in [-0.15, -0.1) is 0 Å². The summed E-state index contributed by atoms with van der Waals surface area (Å²) in [6.07, 6.45) is 5.38. The molecular weight excluding hydrogens is 326 g/mol. The Hall–Kier alpha value is -1.94. The van der Waals surface area contributed by atoms with Crippen LogP contribution in [0.2, 0.25) is 5.02 Å². The quantitative estimate of drug-likeness (QED) is 0.613. The zero-order valence-electron chi connectivity index (χ0n) is 12.9. The standard InChI is InChI=1S/C19H16ClNO3/c20-10-3-1-9(2-4-10)7-15(22)21-18(23)16-11-5-6-12(14-8-13(11)14)17(16)19(21)24/h1-6,11-14,16-17H,7-8H2/t11-,12-,13-,14-,16+,17+/m0/s1. The first kappa shape index (κ1) is 14.4. The van der Waals surface area contributed by atoms with Gasteiger partial charge in [0.15, 0.2) is 0 Å². The van der Waals surface area contributed by atoms with E-state index in [4.69, 9.17) is 11.6 Å². The van der Waals surface area contributed by atoms with Crippen molar-refractivity contribution in [2.45, 2.75) is 12.8 Å². The van der Waals surface area contributed by atoms with Crippen LogP contribution in [0.3, 0.4) is 0 Å². The van der Waals surface area contributed by atoms with Gasteiger partial charge in [0.2, 0.25) is 17.7 Å².